The first-order valence-corrected chi connectivity index (χ1v) is 16.5. The van der Waals surface area contributed by atoms with Crippen molar-refractivity contribution in [1.82, 2.24) is 9.55 Å². The molecule has 0 saturated heterocycles. The van der Waals surface area contributed by atoms with E-state index in [2.05, 4.69) is 163 Å². The molecule has 0 aliphatic carbocycles. The van der Waals surface area contributed by atoms with Gasteiger partial charge in [0.1, 0.15) is 5.82 Å². The van der Waals surface area contributed by atoms with Gasteiger partial charge in [-0.15, -0.1) is 0 Å². The van der Waals surface area contributed by atoms with Crippen molar-refractivity contribution >= 4 is 75.7 Å². The number of aromatic nitrogens is 2. The number of fused-ring (bicyclic) bond motifs is 7. The van der Waals surface area contributed by atoms with Crippen LogP contribution in [0, 0.1) is 0 Å². The normalized spacial score (nSPS) is 12.0. The van der Waals surface area contributed by atoms with Gasteiger partial charge in [0, 0.05) is 11.8 Å². The predicted octanol–water partition coefficient (Wildman–Crippen LogP) is 12.2. The molecule has 2 nitrogen and oxygen atoms in total. The Bertz CT molecular complexity index is 2890. The Kier molecular flexibility index (Phi) is 5.59. The second-order valence-electron chi connectivity index (χ2n) is 12.6. The number of para-hydroxylation sites is 2. The maximum Gasteiger partial charge on any atom is 0.114 e. The van der Waals surface area contributed by atoms with Gasteiger partial charge in [-0.3, -0.25) is 4.57 Å². The van der Waals surface area contributed by atoms with Crippen LogP contribution in [0.15, 0.2) is 152 Å². The van der Waals surface area contributed by atoms with Crippen molar-refractivity contribution in [2.75, 3.05) is 0 Å². The molecule has 0 radical (unpaired) electrons. The highest BCUT2D eigenvalue weighted by Gasteiger charge is 2.18. The fraction of sp³-hybridized carbons (Fsp3) is 0.0444. The van der Waals surface area contributed by atoms with Crippen molar-refractivity contribution in [3.63, 3.8) is 0 Å². The lowest BCUT2D eigenvalue weighted by Crippen LogP contribution is -2.01. The van der Waals surface area contributed by atoms with Gasteiger partial charge in [0.05, 0.1) is 16.7 Å². The first-order chi connectivity index (χ1) is 23.3. The molecule has 47 heavy (non-hydrogen) atoms. The standard InChI is InChI=1S/C45H30N2/c1-2-43-46-40-20-9-10-21-42(40)47(43)41-25-24-31(32-13-7-8-18-37(32)41)30-26-29-23-22-28-12-11-19-38-35-16-5-3-14-33(35)34-15-4-6-17-36(34)39(27-30)45(29)44(28)38/h3-27H,2H2,1H3. The Balaban J connectivity index is 1.34. The second-order valence-corrected chi connectivity index (χ2v) is 12.6. The van der Waals surface area contributed by atoms with Crippen LogP contribution in [0.1, 0.15) is 12.7 Å². The van der Waals surface area contributed by atoms with Gasteiger partial charge in [-0.05, 0) is 101 Å². The zero-order chi connectivity index (χ0) is 31.1. The van der Waals surface area contributed by atoms with Crippen molar-refractivity contribution in [1.29, 1.82) is 0 Å². The molecule has 10 aromatic rings. The molecular formula is C45H30N2. The van der Waals surface area contributed by atoms with Crippen molar-refractivity contribution in [2.45, 2.75) is 13.3 Å². The molecule has 2 heteroatoms. The van der Waals surface area contributed by atoms with E-state index < -0.39 is 0 Å². The van der Waals surface area contributed by atoms with Gasteiger partial charge >= 0.3 is 0 Å². The average Bonchev–Trinajstić information content (AvgIpc) is 3.51. The lowest BCUT2D eigenvalue weighted by atomic mass is 9.87. The molecule has 0 aliphatic heterocycles. The van der Waals surface area contributed by atoms with Crippen LogP contribution in [-0.4, -0.2) is 9.55 Å². The highest BCUT2D eigenvalue weighted by molar-refractivity contribution is 6.33. The number of hydrogen-bond donors (Lipinski definition) is 0. The third-order valence-electron chi connectivity index (χ3n) is 10.1. The van der Waals surface area contributed by atoms with E-state index in [-0.39, 0.29) is 0 Å². The zero-order valence-corrected chi connectivity index (χ0v) is 26.0. The summed E-state index contributed by atoms with van der Waals surface area (Å²) in [5.41, 5.74) is 5.80. The SMILES string of the molecule is CCc1nc2ccccc2n1-c1ccc(-c2cc3ccc4cccc5c6ccccc6c6ccccc6c(c2)c3c45)c2ccccc12. The lowest BCUT2D eigenvalue weighted by molar-refractivity contribution is 0.913. The summed E-state index contributed by atoms with van der Waals surface area (Å²) < 4.78 is 2.35. The molecule has 0 unspecified atom stereocenters. The maximum atomic E-state index is 5.00. The van der Waals surface area contributed by atoms with Crippen LogP contribution >= 0.6 is 0 Å². The van der Waals surface area contributed by atoms with E-state index in [1.54, 1.807) is 0 Å². The minimum absolute atomic E-state index is 0.858. The van der Waals surface area contributed by atoms with Gasteiger partial charge < -0.3 is 0 Å². The van der Waals surface area contributed by atoms with E-state index in [9.17, 15) is 0 Å². The molecule has 1 aromatic heterocycles. The van der Waals surface area contributed by atoms with Crippen LogP contribution in [0.2, 0.25) is 0 Å². The number of benzene rings is 8. The summed E-state index contributed by atoms with van der Waals surface area (Å²) in [7, 11) is 0. The molecule has 0 aliphatic rings. The monoisotopic (exact) mass is 598 g/mol. The Labute approximate surface area is 272 Å². The Morgan fingerprint density at radius 2 is 1.06 bits per heavy atom. The molecule has 220 valence electrons. The molecule has 0 N–H and O–H groups in total. The molecule has 0 bridgehead atoms. The number of nitrogens with zero attached hydrogens (tertiary/aromatic N) is 2. The Hall–Kier alpha value is -5.99. The van der Waals surface area contributed by atoms with Crippen LogP contribution in [0.25, 0.3) is 92.5 Å². The summed E-state index contributed by atoms with van der Waals surface area (Å²) in [6, 6.07) is 55.9. The minimum Gasteiger partial charge on any atom is -0.296 e. The van der Waals surface area contributed by atoms with Crippen LogP contribution < -0.4 is 0 Å². The number of hydrogen-bond acceptors (Lipinski definition) is 1. The first-order valence-electron chi connectivity index (χ1n) is 16.5. The van der Waals surface area contributed by atoms with Crippen LogP contribution in [0.3, 0.4) is 0 Å². The molecule has 0 amide bonds. The average molecular weight is 599 g/mol. The molecule has 0 saturated carbocycles. The van der Waals surface area contributed by atoms with Crippen molar-refractivity contribution < 1.29 is 0 Å². The van der Waals surface area contributed by atoms with E-state index in [1.165, 1.54) is 81.4 Å². The van der Waals surface area contributed by atoms with Gasteiger partial charge in [-0.2, -0.15) is 0 Å². The van der Waals surface area contributed by atoms with Crippen molar-refractivity contribution in [3.05, 3.63) is 157 Å². The lowest BCUT2D eigenvalue weighted by Gasteiger charge is -2.17. The largest absolute Gasteiger partial charge is 0.296 e. The third kappa shape index (κ3) is 3.76. The number of imidazole rings is 1. The molecule has 0 fully saturated rings. The summed E-state index contributed by atoms with van der Waals surface area (Å²) in [5, 5.41) is 15.3. The summed E-state index contributed by atoms with van der Waals surface area (Å²) in [6.45, 7) is 2.19. The Morgan fingerprint density at radius 1 is 0.468 bits per heavy atom. The van der Waals surface area contributed by atoms with Gasteiger partial charge in [0.15, 0.2) is 0 Å². The van der Waals surface area contributed by atoms with E-state index in [0.717, 1.165) is 23.3 Å². The quantitative estimate of drug-likeness (QED) is 0.185. The number of rotatable bonds is 3. The number of aryl methyl sites for hydroxylation is 1. The summed E-state index contributed by atoms with van der Waals surface area (Å²) >= 11 is 0. The third-order valence-corrected chi connectivity index (χ3v) is 10.1. The first kappa shape index (κ1) is 26.2. The van der Waals surface area contributed by atoms with E-state index in [4.69, 9.17) is 4.98 Å². The molecule has 0 atom stereocenters. The highest BCUT2D eigenvalue weighted by Crippen LogP contribution is 2.43. The van der Waals surface area contributed by atoms with Crippen LogP contribution in [0.4, 0.5) is 0 Å². The fourth-order valence-corrected chi connectivity index (χ4v) is 8.05. The molecule has 1 heterocycles. The fourth-order valence-electron chi connectivity index (χ4n) is 8.05. The zero-order valence-electron chi connectivity index (χ0n) is 26.0. The summed E-state index contributed by atoms with van der Waals surface area (Å²) in [6.07, 6.45) is 0.858. The van der Waals surface area contributed by atoms with Gasteiger partial charge in [0.2, 0.25) is 0 Å². The van der Waals surface area contributed by atoms with Gasteiger partial charge in [-0.25, -0.2) is 4.98 Å². The topological polar surface area (TPSA) is 17.8 Å². The molecule has 9 aromatic carbocycles. The van der Waals surface area contributed by atoms with Gasteiger partial charge in [0.25, 0.3) is 0 Å². The van der Waals surface area contributed by atoms with E-state index in [1.807, 2.05) is 0 Å². The molecule has 10 rings (SSSR count). The van der Waals surface area contributed by atoms with E-state index >= 15 is 0 Å². The summed E-state index contributed by atoms with van der Waals surface area (Å²) in [4.78, 5) is 5.00. The summed E-state index contributed by atoms with van der Waals surface area (Å²) in [5.74, 6) is 1.08. The van der Waals surface area contributed by atoms with Crippen LogP contribution in [0.5, 0.6) is 0 Å². The Morgan fingerprint density at radius 3 is 1.83 bits per heavy atom. The molecule has 0 spiro atoms. The highest BCUT2D eigenvalue weighted by atomic mass is 15.1. The van der Waals surface area contributed by atoms with Gasteiger partial charge in [-0.1, -0.05) is 128 Å². The van der Waals surface area contributed by atoms with Crippen molar-refractivity contribution in [3.8, 4) is 16.8 Å². The van der Waals surface area contributed by atoms with Crippen LogP contribution in [-0.2, 0) is 6.42 Å². The maximum absolute atomic E-state index is 5.00. The smallest absolute Gasteiger partial charge is 0.114 e. The van der Waals surface area contributed by atoms with E-state index in [0.29, 0.717) is 0 Å². The molecular weight excluding hydrogens is 569 g/mol. The predicted molar refractivity (Wildman–Crippen MR) is 201 cm³/mol. The van der Waals surface area contributed by atoms with Crippen molar-refractivity contribution in [2.24, 2.45) is 0 Å². The second kappa shape index (κ2) is 10.0. The minimum atomic E-state index is 0.858.